The molecule has 0 saturated heterocycles. The first kappa shape index (κ1) is 15.5. The van der Waals surface area contributed by atoms with Gasteiger partial charge in [0, 0.05) is 23.1 Å². The number of nitrogens with two attached hydrogens (primary N) is 1. The first-order valence-corrected chi connectivity index (χ1v) is 7.36. The smallest absolute Gasteiger partial charge is 0.203 e. The number of rotatable bonds is 4. The Morgan fingerprint density at radius 1 is 0.875 bits per heavy atom. The number of allylic oxidation sites excluding steroid dienone is 1. The molecule has 0 fully saturated rings. The summed E-state index contributed by atoms with van der Waals surface area (Å²) in [7, 11) is 0. The van der Waals surface area contributed by atoms with Crippen LogP contribution in [0.3, 0.4) is 0 Å². The van der Waals surface area contributed by atoms with E-state index >= 15 is 0 Å². The van der Waals surface area contributed by atoms with Crippen LogP contribution in [-0.4, -0.2) is 22.0 Å². The van der Waals surface area contributed by atoms with Crippen LogP contribution in [0.25, 0.3) is 0 Å². The zero-order valence-corrected chi connectivity index (χ0v) is 12.7. The van der Waals surface area contributed by atoms with Crippen LogP contribution >= 0.6 is 0 Å². The van der Waals surface area contributed by atoms with E-state index in [2.05, 4.69) is 10.6 Å². The third kappa shape index (κ3) is 3.49. The average Bonchev–Trinajstić information content (AvgIpc) is 2.56. The Morgan fingerprint density at radius 2 is 1.42 bits per heavy atom. The molecule has 2 aromatic rings. The summed E-state index contributed by atoms with van der Waals surface area (Å²) in [6.45, 7) is 0. The largest absolute Gasteiger partial charge is 0.508 e. The second-order valence-corrected chi connectivity index (χ2v) is 5.43. The van der Waals surface area contributed by atoms with E-state index in [4.69, 9.17) is 5.73 Å². The van der Waals surface area contributed by atoms with E-state index in [-0.39, 0.29) is 23.3 Å². The molecule has 2 aromatic carbocycles. The standard InChI is InChI=1S/C18H17N3O3/c19-15-9-18(24)17(21-12-3-7-14(23)8-4-12)10-16(15)20-11-1-5-13(22)6-2-11/h1-10,16,20-23H,19H2. The molecule has 1 unspecified atom stereocenters. The van der Waals surface area contributed by atoms with Crippen molar-refractivity contribution < 1.29 is 15.0 Å². The average molecular weight is 323 g/mol. The lowest BCUT2D eigenvalue weighted by Gasteiger charge is -2.22. The topological polar surface area (TPSA) is 108 Å². The summed E-state index contributed by atoms with van der Waals surface area (Å²) in [6.07, 6.45) is 3.08. The Bertz CT molecular complexity index is 808. The number of benzene rings is 2. The maximum Gasteiger partial charge on any atom is 0.203 e. The van der Waals surface area contributed by atoms with Gasteiger partial charge in [0.2, 0.25) is 5.78 Å². The van der Waals surface area contributed by atoms with Crippen LogP contribution in [0.2, 0.25) is 0 Å². The lowest BCUT2D eigenvalue weighted by molar-refractivity contribution is -0.111. The lowest BCUT2D eigenvalue weighted by atomic mass is 10.0. The molecule has 0 amide bonds. The number of carbonyl (C=O) groups is 1. The summed E-state index contributed by atoms with van der Waals surface area (Å²) in [5.41, 5.74) is 8.20. The van der Waals surface area contributed by atoms with Gasteiger partial charge in [-0.2, -0.15) is 0 Å². The molecule has 0 aromatic heterocycles. The van der Waals surface area contributed by atoms with Gasteiger partial charge in [0.15, 0.2) is 0 Å². The maximum absolute atomic E-state index is 12.1. The van der Waals surface area contributed by atoms with Gasteiger partial charge in [-0.25, -0.2) is 0 Å². The molecular weight excluding hydrogens is 306 g/mol. The normalized spacial score (nSPS) is 17.0. The zero-order valence-electron chi connectivity index (χ0n) is 12.7. The van der Waals surface area contributed by atoms with Crippen LogP contribution in [0.15, 0.2) is 72.1 Å². The summed E-state index contributed by atoms with van der Waals surface area (Å²) in [5, 5.41) is 24.9. The third-order valence-corrected chi connectivity index (χ3v) is 3.59. The van der Waals surface area contributed by atoms with Crippen LogP contribution in [0.5, 0.6) is 11.5 Å². The van der Waals surface area contributed by atoms with Gasteiger partial charge in [0.25, 0.3) is 0 Å². The number of phenolic OH excluding ortho intramolecular Hbond substituents is 2. The van der Waals surface area contributed by atoms with Gasteiger partial charge >= 0.3 is 0 Å². The predicted octanol–water partition coefficient (Wildman–Crippen LogP) is 2.30. The molecule has 1 aliphatic rings. The van der Waals surface area contributed by atoms with Crippen molar-refractivity contribution in [3.8, 4) is 11.5 Å². The molecule has 3 rings (SSSR count). The highest BCUT2D eigenvalue weighted by molar-refractivity contribution is 6.07. The van der Waals surface area contributed by atoms with Crippen molar-refractivity contribution in [3.05, 3.63) is 72.1 Å². The Kier molecular flexibility index (Phi) is 4.11. The van der Waals surface area contributed by atoms with Crippen LogP contribution in [0.1, 0.15) is 0 Å². The number of ketones is 1. The third-order valence-electron chi connectivity index (χ3n) is 3.59. The molecule has 6 heteroatoms. The minimum atomic E-state index is -0.355. The number of hydrogen-bond acceptors (Lipinski definition) is 6. The van der Waals surface area contributed by atoms with Crippen LogP contribution in [0.4, 0.5) is 11.4 Å². The quantitative estimate of drug-likeness (QED) is 0.553. The molecule has 0 radical (unpaired) electrons. The maximum atomic E-state index is 12.1. The van der Waals surface area contributed by atoms with Gasteiger partial charge in [0.05, 0.1) is 11.7 Å². The second kappa shape index (κ2) is 6.37. The summed E-state index contributed by atoms with van der Waals surface area (Å²) in [4.78, 5) is 12.1. The summed E-state index contributed by atoms with van der Waals surface area (Å²) in [6, 6.07) is 12.6. The summed E-state index contributed by atoms with van der Waals surface area (Å²) in [5.74, 6) is 0.109. The van der Waals surface area contributed by atoms with Crippen molar-refractivity contribution in [3.63, 3.8) is 0 Å². The van der Waals surface area contributed by atoms with Crippen molar-refractivity contribution in [2.45, 2.75) is 6.04 Å². The molecule has 6 N–H and O–H groups in total. The molecule has 1 atom stereocenters. The highest BCUT2D eigenvalue weighted by Crippen LogP contribution is 2.21. The van der Waals surface area contributed by atoms with Crippen molar-refractivity contribution in [1.82, 2.24) is 0 Å². The van der Waals surface area contributed by atoms with E-state index < -0.39 is 0 Å². The number of hydrogen-bond donors (Lipinski definition) is 5. The lowest BCUT2D eigenvalue weighted by Crippen LogP contribution is -2.31. The van der Waals surface area contributed by atoms with Crippen LogP contribution < -0.4 is 16.4 Å². The van der Waals surface area contributed by atoms with E-state index in [1.165, 1.54) is 18.2 Å². The van der Waals surface area contributed by atoms with Crippen molar-refractivity contribution in [2.75, 3.05) is 10.6 Å². The molecule has 6 nitrogen and oxygen atoms in total. The molecule has 24 heavy (non-hydrogen) atoms. The summed E-state index contributed by atoms with van der Waals surface area (Å²) < 4.78 is 0. The fourth-order valence-corrected chi connectivity index (χ4v) is 2.33. The van der Waals surface area contributed by atoms with Gasteiger partial charge in [0.1, 0.15) is 11.5 Å². The fourth-order valence-electron chi connectivity index (χ4n) is 2.33. The van der Waals surface area contributed by atoms with E-state index in [1.807, 2.05) is 0 Å². The predicted molar refractivity (Wildman–Crippen MR) is 92.6 cm³/mol. The Morgan fingerprint density at radius 3 is 2.00 bits per heavy atom. The van der Waals surface area contributed by atoms with Gasteiger partial charge in [-0.05, 0) is 54.6 Å². The van der Waals surface area contributed by atoms with Gasteiger partial charge in [-0.1, -0.05) is 0 Å². The molecule has 0 heterocycles. The van der Waals surface area contributed by atoms with Crippen molar-refractivity contribution in [2.24, 2.45) is 5.73 Å². The van der Waals surface area contributed by atoms with Gasteiger partial charge in [-0.15, -0.1) is 0 Å². The molecule has 0 aliphatic heterocycles. The fraction of sp³-hybridized carbons (Fsp3) is 0.0556. The highest BCUT2D eigenvalue weighted by Gasteiger charge is 2.20. The number of nitrogens with one attached hydrogen (secondary N) is 2. The number of carbonyl (C=O) groups excluding carboxylic acids is 1. The van der Waals surface area contributed by atoms with Crippen molar-refractivity contribution >= 4 is 17.2 Å². The molecular formula is C18H17N3O3. The van der Waals surface area contributed by atoms with Crippen LogP contribution in [0, 0.1) is 0 Å². The monoisotopic (exact) mass is 323 g/mol. The minimum absolute atomic E-state index is 0.153. The first-order chi connectivity index (χ1) is 11.5. The minimum Gasteiger partial charge on any atom is -0.508 e. The van der Waals surface area contributed by atoms with E-state index in [1.54, 1.807) is 42.5 Å². The molecule has 0 bridgehead atoms. The van der Waals surface area contributed by atoms with E-state index in [0.717, 1.165) is 5.69 Å². The van der Waals surface area contributed by atoms with Crippen LogP contribution in [-0.2, 0) is 4.79 Å². The van der Waals surface area contributed by atoms with Gasteiger partial charge in [-0.3, -0.25) is 4.79 Å². The zero-order chi connectivity index (χ0) is 17.1. The Balaban J connectivity index is 1.79. The summed E-state index contributed by atoms with van der Waals surface area (Å²) >= 11 is 0. The molecule has 1 aliphatic carbocycles. The SMILES string of the molecule is NC1=CC(=O)C(Nc2ccc(O)cc2)=CC1Nc1ccc(O)cc1. The second-order valence-electron chi connectivity index (χ2n) is 5.43. The highest BCUT2D eigenvalue weighted by atomic mass is 16.3. The number of aromatic hydroxyl groups is 2. The Hall–Kier alpha value is -3.41. The number of anilines is 2. The van der Waals surface area contributed by atoms with Crippen molar-refractivity contribution in [1.29, 1.82) is 0 Å². The molecule has 0 spiro atoms. The van der Waals surface area contributed by atoms with E-state index in [9.17, 15) is 15.0 Å². The molecule has 0 saturated carbocycles. The van der Waals surface area contributed by atoms with E-state index in [0.29, 0.717) is 17.1 Å². The first-order valence-electron chi connectivity index (χ1n) is 7.36. The Labute approximate surface area is 138 Å². The van der Waals surface area contributed by atoms with Gasteiger partial charge < -0.3 is 26.6 Å². The number of phenols is 2. The molecule has 122 valence electrons.